The van der Waals surface area contributed by atoms with Gasteiger partial charge in [0.2, 0.25) is 0 Å². The summed E-state index contributed by atoms with van der Waals surface area (Å²) in [5.41, 5.74) is 4.21. The molecule has 30 heavy (non-hydrogen) atoms. The fourth-order valence-electron chi connectivity index (χ4n) is 2.57. The number of nitrogens with one attached hydrogen (secondary N) is 2. The summed E-state index contributed by atoms with van der Waals surface area (Å²) in [5.74, 6) is 0.407. The first kappa shape index (κ1) is 20.6. The summed E-state index contributed by atoms with van der Waals surface area (Å²) in [6.07, 6.45) is 1.46. The number of carbonyl (C=O) groups is 2. The van der Waals surface area contributed by atoms with Crippen molar-refractivity contribution in [3.05, 3.63) is 90.0 Å². The molecule has 3 aromatic rings. The van der Waals surface area contributed by atoms with Crippen LogP contribution in [0.5, 0.6) is 11.5 Å². The molecular formula is C23H21N3O4. The molecular weight excluding hydrogens is 382 g/mol. The molecule has 0 aromatic heterocycles. The third kappa shape index (κ3) is 5.93. The largest absolute Gasteiger partial charge is 0.497 e. The Kier molecular flexibility index (Phi) is 7.16. The van der Waals surface area contributed by atoms with Gasteiger partial charge in [0.05, 0.1) is 13.3 Å². The zero-order valence-electron chi connectivity index (χ0n) is 16.4. The van der Waals surface area contributed by atoms with Gasteiger partial charge in [-0.15, -0.1) is 0 Å². The zero-order valence-corrected chi connectivity index (χ0v) is 16.4. The molecule has 0 aliphatic heterocycles. The quantitative estimate of drug-likeness (QED) is 0.445. The lowest BCUT2D eigenvalue weighted by Gasteiger charge is -2.09. The normalized spacial score (nSPS) is 10.4. The van der Waals surface area contributed by atoms with E-state index in [1.54, 1.807) is 54.6 Å². The van der Waals surface area contributed by atoms with Gasteiger partial charge in [0.15, 0.2) is 6.61 Å². The van der Waals surface area contributed by atoms with E-state index in [4.69, 9.17) is 9.47 Å². The van der Waals surface area contributed by atoms with Crippen LogP contribution in [0, 0.1) is 0 Å². The molecule has 2 amide bonds. The maximum atomic E-state index is 12.2. The number of methoxy groups -OCH3 is 1. The van der Waals surface area contributed by atoms with Crippen LogP contribution in [0.15, 0.2) is 84.0 Å². The minimum Gasteiger partial charge on any atom is -0.497 e. The molecule has 0 unspecified atom stereocenters. The smallest absolute Gasteiger partial charge is 0.271 e. The maximum Gasteiger partial charge on any atom is 0.271 e. The van der Waals surface area contributed by atoms with Gasteiger partial charge >= 0.3 is 0 Å². The molecule has 0 saturated heterocycles. The fraction of sp³-hybridized carbons (Fsp3) is 0.0870. The van der Waals surface area contributed by atoms with Crippen molar-refractivity contribution >= 4 is 23.7 Å². The highest BCUT2D eigenvalue weighted by Crippen LogP contribution is 2.16. The minimum absolute atomic E-state index is 0.157. The van der Waals surface area contributed by atoms with Gasteiger partial charge in [-0.25, -0.2) is 5.43 Å². The van der Waals surface area contributed by atoms with E-state index < -0.39 is 0 Å². The molecule has 0 saturated carbocycles. The van der Waals surface area contributed by atoms with Gasteiger partial charge in [-0.05, 0) is 42.5 Å². The Labute approximate surface area is 174 Å². The van der Waals surface area contributed by atoms with E-state index in [9.17, 15) is 9.59 Å². The second kappa shape index (κ2) is 10.4. The molecule has 0 bridgehead atoms. The predicted molar refractivity (Wildman–Crippen MR) is 115 cm³/mol. The summed E-state index contributed by atoms with van der Waals surface area (Å²) in [7, 11) is 1.53. The standard InChI is InChI=1S/C23H21N3O4/c1-29-20-12-7-9-17(14-20)23(28)26-24-15-18-8-5-6-13-21(18)30-16-22(27)25-19-10-3-2-4-11-19/h2-15H,16H2,1H3,(H,25,27)(H,26,28)/b24-15+. The van der Waals surface area contributed by atoms with Crippen LogP contribution in [-0.2, 0) is 4.79 Å². The Bertz CT molecular complexity index is 1040. The van der Waals surface area contributed by atoms with Crippen LogP contribution in [-0.4, -0.2) is 31.7 Å². The van der Waals surface area contributed by atoms with Crippen molar-refractivity contribution in [2.45, 2.75) is 0 Å². The summed E-state index contributed by atoms with van der Waals surface area (Å²) >= 11 is 0. The van der Waals surface area contributed by atoms with Crippen molar-refractivity contribution in [3.63, 3.8) is 0 Å². The highest BCUT2D eigenvalue weighted by atomic mass is 16.5. The molecule has 0 radical (unpaired) electrons. The van der Waals surface area contributed by atoms with Crippen LogP contribution < -0.4 is 20.2 Å². The summed E-state index contributed by atoms with van der Waals surface area (Å²) in [4.78, 5) is 24.3. The first-order valence-corrected chi connectivity index (χ1v) is 9.20. The molecule has 7 nitrogen and oxygen atoms in total. The van der Waals surface area contributed by atoms with Crippen LogP contribution in [0.4, 0.5) is 5.69 Å². The lowest BCUT2D eigenvalue weighted by atomic mass is 10.2. The van der Waals surface area contributed by atoms with Crippen LogP contribution >= 0.6 is 0 Å². The lowest BCUT2D eigenvalue weighted by Crippen LogP contribution is -2.20. The topological polar surface area (TPSA) is 89.0 Å². The number of rotatable bonds is 8. The van der Waals surface area contributed by atoms with E-state index in [-0.39, 0.29) is 18.4 Å². The Morgan fingerprint density at radius 3 is 2.53 bits per heavy atom. The molecule has 0 spiro atoms. The number of anilines is 1. The van der Waals surface area contributed by atoms with E-state index in [1.165, 1.54) is 13.3 Å². The van der Waals surface area contributed by atoms with E-state index in [2.05, 4.69) is 15.8 Å². The molecule has 0 atom stereocenters. The molecule has 0 aliphatic carbocycles. The Balaban J connectivity index is 1.57. The number of hydrazone groups is 1. The van der Waals surface area contributed by atoms with Crippen molar-refractivity contribution < 1.29 is 19.1 Å². The molecule has 152 valence electrons. The highest BCUT2D eigenvalue weighted by molar-refractivity contribution is 5.95. The average Bonchev–Trinajstić information content (AvgIpc) is 2.79. The van der Waals surface area contributed by atoms with Gasteiger partial charge in [0.25, 0.3) is 11.8 Å². The number of ether oxygens (including phenoxy) is 2. The molecule has 0 aliphatic rings. The number of hydrogen-bond acceptors (Lipinski definition) is 5. The third-order valence-corrected chi connectivity index (χ3v) is 4.04. The van der Waals surface area contributed by atoms with Crippen molar-refractivity contribution in [2.75, 3.05) is 19.0 Å². The first-order valence-electron chi connectivity index (χ1n) is 9.20. The maximum absolute atomic E-state index is 12.2. The number of nitrogens with zero attached hydrogens (tertiary/aromatic N) is 1. The Morgan fingerprint density at radius 1 is 0.967 bits per heavy atom. The third-order valence-electron chi connectivity index (χ3n) is 4.04. The van der Waals surface area contributed by atoms with E-state index >= 15 is 0 Å². The molecule has 2 N–H and O–H groups in total. The molecule has 7 heteroatoms. The molecule has 0 heterocycles. The second-order valence-corrected chi connectivity index (χ2v) is 6.17. The van der Waals surface area contributed by atoms with E-state index in [0.717, 1.165) is 0 Å². The Morgan fingerprint density at radius 2 is 1.73 bits per heavy atom. The average molecular weight is 403 g/mol. The summed E-state index contributed by atoms with van der Waals surface area (Å²) < 4.78 is 10.7. The van der Waals surface area contributed by atoms with Crippen molar-refractivity contribution in [1.82, 2.24) is 5.43 Å². The zero-order chi connectivity index (χ0) is 21.2. The van der Waals surface area contributed by atoms with E-state index in [0.29, 0.717) is 28.3 Å². The van der Waals surface area contributed by atoms with Gasteiger partial charge in [-0.2, -0.15) is 5.10 Å². The summed E-state index contributed by atoms with van der Waals surface area (Å²) in [6, 6.07) is 23.0. The number of carbonyl (C=O) groups excluding carboxylic acids is 2. The lowest BCUT2D eigenvalue weighted by molar-refractivity contribution is -0.118. The monoisotopic (exact) mass is 403 g/mol. The van der Waals surface area contributed by atoms with Gasteiger partial charge in [0, 0.05) is 16.8 Å². The van der Waals surface area contributed by atoms with Crippen molar-refractivity contribution in [3.8, 4) is 11.5 Å². The van der Waals surface area contributed by atoms with Crippen molar-refractivity contribution in [1.29, 1.82) is 0 Å². The summed E-state index contributed by atoms with van der Waals surface area (Å²) in [6.45, 7) is -0.157. The summed E-state index contributed by atoms with van der Waals surface area (Å²) in [5, 5.41) is 6.74. The second-order valence-electron chi connectivity index (χ2n) is 6.17. The molecule has 3 aromatic carbocycles. The van der Waals surface area contributed by atoms with Crippen LogP contribution in [0.2, 0.25) is 0 Å². The number of para-hydroxylation sites is 2. The van der Waals surface area contributed by atoms with Crippen LogP contribution in [0.3, 0.4) is 0 Å². The molecule has 0 fully saturated rings. The van der Waals surface area contributed by atoms with Gasteiger partial charge in [-0.1, -0.05) is 36.4 Å². The van der Waals surface area contributed by atoms with Crippen LogP contribution in [0.1, 0.15) is 15.9 Å². The van der Waals surface area contributed by atoms with Gasteiger partial charge in [0.1, 0.15) is 11.5 Å². The SMILES string of the molecule is COc1cccc(C(=O)N/N=C/c2ccccc2OCC(=O)Nc2ccccc2)c1. The first-order chi connectivity index (χ1) is 14.7. The highest BCUT2D eigenvalue weighted by Gasteiger charge is 2.07. The minimum atomic E-state index is -0.370. The number of amides is 2. The predicted octanol–water partition coefficient (Wildman–Crippen LogP) is 3.48. The number of hydrogen-bond donors (Lipinski definition) is 2. The molecule has 3 rings (SSSR count). The van der Waals surface area contributed by atoms with E-state index in [1.807, 2.05) is 24.3 Å². The number of benzene rings is 3. The van der Waals surface area contributed by atoms with Crippen LogP contribution in [0.25, 0.3) is 0 Å². The van der Waals surface area contributed by atoms with Gasteiger partial charge < -0.3 is 14.8 Å². The van der Waals surface area contributed by atoms with Gasteiger partial charge in [-0.3, -0.25) is 9.59 Å². The van der Waals surface area contributed by atoms with Crippen molar-refractivity contribution in [2.24, 2.45) is 5.10 Å². The fourth-order valence-corrected chi connectivity index (χ4v) is 2.57. The Hall–Kier alpha value is -4.13.